The lowest BCUT2D eigenvalue weighted by Gasteiger charge is -2.26. The molecule has 0 radical (unpaired) electrons. The van der Waals surface area contributed by atoms with Gasteiger partial charge in [0, 0.05) is 33.5 Å². The van der Waals surface area contributed by atoms with Gasteiger partial charge in [0.05, 0.1) is 11.0 Å². The van der Waals surface area contributed by atoms with Crippen LogP contribution < -0.4 is 4.90 Å². The molecular formula is C54H38N2. The van der Waals surface area contributed by atoms with E-state index in [0.717, 1.165) is 22.7 Å². The van der Waals surface area contributed by atoms with Crippen LogP contribution in [0.15, 0.2) is 231 Å². The lowest BCUT2D eigenvalue weighted by Crippen LogP contribution is -2.09. The van der Waals surface area contributed by atoms with Crippen LogP contribution in [0.1, 0.15) is 0 Å². The zero-order valence-electron chi connectivity index (χ0n) is 30.8. The molecule has 0 N–H and O–H groups in total. The van der Waals surface area contributed by atoms with Gasteiger partial charge >= 0.3 is 0 Å². The summed E-state index contributed by atoms with van der Waals surface area (Å²) in [7, 11) is 0. The quantitative estimate of drug-likeness (QED) is 0.152. The minimum Gasteiger partial charge on any atom is -0.311 e. The van der Waals surface area contributed by atoms with E-state index in [2.05, 4.69) is 240 Å². The van der Waals surface area contributed by atoms with Gasteiger partial charge in [-0.1, -0.05) is 164 Å². The molecule has 10 rings (SSSR count). The second kappa shape index (κ2) is 14.4. The molecule has 0 unspecified atom stereocenters. The van der Waals surface area contributed by atoms with Gasteiger partial charge in [-0.05, 0) is 111 Å². The van der Waals surface area contributed by atoms with Crippen molar-refractivity contribution in [2.45, 2.75) is 0 Å². The molecular weight excluding hydrogens is 677 g/mol. The maximum absolute atomic E-state index is 2.38. The zero-order chi connectivity index (χ0) is 37.3. The van der Waals surface area contributed by atoms with Gasteiger partial charge in [0.1, 0.15) is 0 Å². The van der Waals surface area contributed by atoms with Crippen molar-refractivity contribution < 1.29 is 0 Å². The SMILES string of the molecule is c1ccc(-c2ccc(-c3ccc(N(c4ccccc4)c4ccc(-c5cccc6c5c5ccccc5n6-c5ccccc5)cc4)cc3)cc2-c2ccccc2)cc1. The molecule has 0 saturated carbocycles. The van der Waals surface area contributed by atoms with E-state index in [0.29, 0.717) is 0 Å². The number of fused-ring (bicyclic) bond motifs is 3. The van der Waals surface area contributed by atoms with Crippen LogP contribution in [0, 0.1) is 0 Å². The van der Waals surface area contributed by atoms with Crippen LogP contribution in [0.3, 0.4) is 0 Å². The molecule has 2 nitrogen and oxygen atoms in total. The molecule has 0 amide bonds. The molecule has 0 aliphatic heterocycles. The first-order valence-corrected chi connectivity index (χ1v) is 19.2. The molecule has 2 heteroatoms. The third-order valence-electron chi connectivity index (χ3n) is 10.8. The summed E-state index contributed by atoms with van der Waals surface area (Å²) in [6, 6.07) is 82.9. The number of hydrogen-bond acceptors (Lipinski definition) is 1. The van der Waals surface area contributed by atoms with Gasteiger partial charge in [0.25, 0.3) is 0 Å². The highest BCUT2D eigenvalue weighted by Gasteiger charge is 2.18. The second-order valence-corrected chi connectivity index (χ2v) is 14.1. The van der Waals surface area contributed by atoms with E-state index in [1.54, 1.807) is 0 Å². The second-order valence-electron chi connectivity index (χ2n) is 14.1. The summed E-state index contributed by atoms with van der Waals surface area (Å²) in [5, 5.41) is 2.52. The van der Waals surface area contributed by atoms with Gasteiger partial charge in [-0.3, -0.25) is 0 Å². The van der Waals surface area contributed by atoms with Crippen molar-refractivity contribution in [1.82, 2.24) is 4.57 Å². The average Bonchev–Trinajstić information content (AvgIpc) is 3.63. The fourth-order valence-electron chi connectivity index (χ4n) is 8.18. The Balaban J connectivity index is 1.03. The molecule has 0 saturated heterocycles. The lowest BCUT2D eigenvalue weighted by molar-refractivity contribution is 1.18. The number of anilines is 3. The molecule has 0 aliphatic rings. The molecule has 0 aliphatic carbocycles. The molecule has 56 heavy (non-hydrogen) atoms. The van der Waals surface area contributed by atoms with Gasteiger partial charge in [0.2, 0.25) is 0 Å². The van der Waals surface area contributed by atoms with Crippen molar-refractivity contribution in [2.24, 2.45) is 0 Å². The van der Waals surface area contributed by atoms with Crippen molar-refractivity contribution in [2.75, 3.05) is 4.90 Å². The van der Waals surface area contributed by atoms with Crippen molar-refractivity contribution in [3.8, 4) is 50.2 Å². The maximum atomic E-state index is 2.38. The Hall–Kier alpha value is -7.42. The maximum Gasteiger partial charge on any atom is 0.0547 e. The molecule has 9 aromatic carbocycles. The Morgan fingerprint density at radius 3 is 1.43 bits per heavy atom. The average molecular weight is 715 g/mol. The van der Waals surface area contributed by atoms with Gasteiger partial charge in [-0.15, -0.1) is 0 Å². The molecule has 0 bridgehead atoms. The van der Waals surface area contributed by atoms with Crippen LogP contribution >= 0.6 is 0 Å². The highest BCUT2D eigenvalue weighted by atomic mass is 15.1. The Morgan fingerprint density at radius 1 is 0.286 bits per heavy atom. The topological polar surface area (TPSA) is 8.17 Å². The number of rotatable bonds is 8. The summed E-state index contributed by atoms with van der Waals surface area (Å²) in [6.45, 7) is 0. The van der Waals surface area contributed by atoms with E-state index in [1.807, 2.05) is 0 Å². The smallest absolute Gasteiger partial charge is 0.0547 e. The third-order valence-corrected chi connectivity index (χ3v) is 10.8. The van der Waals surface area contributed by atoms with Crippen LogP contribution in [0.4, 0.5) is 17.1 Å². The fraction of sp³-hybridized carbons (Fsp3) is 0. The highest BCUT2D eigenvalue weighted by molar-refractivity contribution is 6.15. The van der Waals surface area contributed by atoms with Crippen molar-refractivity contribution in [3.63, 3.8) is 0 Å². The van der Waals surface area contributed by atoms with Gasteiger partial charge < -0.3 is 9.47 Å². The summed E-state index contributed by atoms with van der Waals surface area (Å²) in [5.41, 5.74) is 16.6. The lowest BCUT2D eigenvalue weighted by atomic mass is 9.91. The molecule has 1 aromatic heterocycles. The van der Waals surface area contributed by atoms with Gasteiger partial charge in [-0.25, -0.2) is 0 Å². The fourth-order valence-corrected chi connectivity index (χ4v) is 8.18. The minimum atomic E-state index is 1.10. The first kappa shape index (κ1) is 33.2. The summed E-state index contributed by atoms with van der Waals surface area (Å²) < 4.78 is 2.38. The predicted molar refractivity (Wildman–Crippen MR) is 237 cm³/mol. The summed E-state index contributed by atoms with van der Waals surface area (Å²) >= 11 is 0. The monoisotopic (exact) mass is 714 g/mol. The van der Waals surface area contributed by atoms with E-state index in [-0.39, 0.29) is 0 Å². The van der Waals surface area contributed by atoms with Crippen LogP contribution in [0.2, 0.25) is 0 Å². The number of benzene rings is 9. The molecule has 1 heterocycles. The van der Waals surface area contributed by atoms with Gasteiger partial charge in [-0.2, -0.15) is 0 Å². The molecule has 10 aromatic rings. The van der Waals surface area contributed by atoms with Crippen molar-refractivity contribution in [3.05, 3.63) is 231 Å². The first-order chi connectivity index (χ1) is 27.8. The third kappa shape index (κ3) is 6.04. The van der Waals surface area contributed by atoms with Crippen LogP contribution in [-0.2, 0) is 0 Å². The standard InChI is InChI=1S/C54H38N2/c1-5-16-40(17-6-1)48-37-32-43(38-51(48)41-18-7-2-8-19-41)39-28-33-46(34-29-39)55(44-20-9-3-10-21-44)47-35-30-42(31-36-47)49-25-15-27-53-54(49)50-24-13-14-26-52(50)56(53)45-22-11-4-12-23-45/h1-38H. The number of hydrogen-bond donors (Lipinski definition) is 0. The van der Waals surface area contributed by atoms with Crippen LogP contribution in [0.5, 0.6) is 0 Å². The highest BCUT2D eigenvalue weighted by Crippen LogP contribution is 2.41. The Morgan fingerprint density at radius 2 is 0.768 bits per heavy atom. The minimum absolute atomic E-state index is 1.10. The summed E-state index contributed by atoms with van der Waals surface area (Å²) in [6.07, 6.45) is 0. The Bertz CT molecular complexity index is 2910. The number of aromatic nitrogens is 1. The van der Waals surface area contributed by atoms with E-state index >= 15 is 0 Å². The van der Waals surface area contributed by atoms with E-state index in [4.69, 9.17) is 0 Å². The van der Waals surface area contributed by atoms with Crippen molar-refractivity contribution >= 4 is 38.9 Å². The summed E-state index contributed by atoms with van der Waals surface area (Å²) in [5.74, 6) is 0. The first-order valence-electron chi connectivity index (χ1n) is 19.2. The number of para-hydroxylation sites is 3. The zero-order valence-corrected chi connectivity index (χ0v) is 30.8. The Kier molecular flexibility index (Phi) is 8.55. The van der Waals surface area contributed by atoms with Crippen LogP contribution in [-0.4, -0.2) is 4.57 Å². The van der Waals surface area contributed by atoms with E-state index in [9.17, 15) is 0 Å². The summed E-state index contributed by atoms with van der Waals surface area (Å²) in [4.78, 5) is 2.34. The van der Waals surface area contributed by atoms with Gasteiger partial charge in [0.15, 0.2) is 0 Å². The Labute approximate surface area is 327 Å². The van der Waals surface area contributed by atoms with E-state index in [1.165, 1.54) is 66.3 Å². The number of nitrogens with zero attached hydrogens (tertiary/aromatic N) is 2. The molecule has 0 spiro atoms. The molecule has 0 fully saturated rings. The molecule has 0 atom stereocenters. The van der Waals surface area contributed by atoms with Crippen LogP contribution in [0.25, 0.3) is 72.0 Å². The normalized spacial score (nSPS) is 11.2. The molecule has 264 valence electrons. The largest absolute Gasteiger partial charge is 0.311 e. The predicted octanol–water partition coefficient (Wildman–Crippen LogP) is 14.9. The van der Waals surface area contributed by atoms with E-state index < -0.39 is 0 Å². The van der Waals surface area contributed by atoms with Crippen molar-refractivity contribution in [1.29, 1.82) is 0 Å².